The monoisotopic (exact) mass is 392 g/mol. The number of carbonyl (C=O) groups excluding carboxylic acids is 3. The maximum atomic E-state index is 12.6. The molecule has 1 aromatic rings. The highest BCUT2D eigenvalue weighted by Gasteiger charge is 2.32. The molecule has 8 heteroatoms. The van der Waals surface area contributed by atoms with Crippen LogP contribution in [0.1, 0.15) is 47.1 Å². The van der Waals surface area contributed by atoms with Gasteiger partial charge in [0.25, 0.3) is 0 Å². The number of amides is 2. The summed E-state index contributed by atoms with van der Waals surface area (Å²) in [5.41, 5.74) is -0.593. The molecule has 8 nitrogen and oxygen atoms in total. The van der Waals surface area contributed by atoms with Crippen molar-refractivity contribution in [2.45, 2.75) is 52.7 Å². The van der Waals surface area contributed by atoms with E-state index in [4.69, 9.17) is 9.47 Å². The van der Waals surface area contributed by atoms with Crippen LogP contribution in [-0.4, -0.2) is 49.2 Å². The first-order valence-corrected chi connectivity index (χ1v) is 8.75. The van der Waals surface area contributed by atoms with Gasteiger partial charge < -0.3 is 14.2 Å². The van der Waals surface area contributed by atoms with Gasteiger partial charge in [-0.25, -0.2) is 9.59 Å². The molecule has 28 heavy (non-hydrogen) atoms. The van der Waals surface area contributed by atoms with Gasteiger partial charge in [0.15, 0.2) is 0 Å². The van der Waals surface area contributed by atoms with Crippen LogP contribution in [0.3, 0.4) is 0 Å². The van der Waals surface area contributed by atoms with E-state index in [1.807, 2.05) is 0 Å². The van der Waals surface area contributed by atoms with Crippen LogP contribution in [0.15, 0.2) is 29.3 Å². The lowest BCUT2D eigenvalue weighted by atomic mass is 10.2. The SMILES string of the molecule is COC(=O)CN=Cc1ccc(N(C(=O)OC(C)(C)C)C(=O)OC(C)(C)C)cc1. The lowest BCUT2D eigenvalue weighted by Gasteiger charge is -2.28. The van der Waals surface area contributed by atoms with E-state index in [1.165, 1.54) is 13.3 Å². The molecular formula is C20H28N2O6. The van der Waals surface area contributed by atoms with Crippen LogP contribution in [-0.2, 0) is 19.0 Å². The standard InChI is InChI=1S/C20H28N2O6/c1-19(2,3)27-17(24)22(18(25)28-20(4,5)6)15-10-8-14(9-11-15)12-21-13-16(23)26-7/h8-12H,13H2,1-7H3. The number of methoxy groups -OCH3 is 1. The number of esters is 1. The van der Waals surface area contributed by atoms with E-state index >= 15 is 0 Å². The third-order valence-corrected chi connectivity index (χ3v) is 2.99. The molecule has 154 valence electrons. The second-order valence-electron chi connectivity index (χ2n) is 7.93. The zero-order valence-corrected chi connectivity index (χ0v) is 17.4. The largest absolute Gasteiger partial charge is 0.468 e. The summed E-state index contributed by atoms with van der Waals surface area (Å²) in [5, 5.41) is 0. The van der Waals surface area contributed by atoms with E-state index in [2.05, 4.69) is 9.73 Å². The maximum Gasteiger partial charge on any atom is 0.424 e. The van der Waals surface area contributed by atoms with Gasteiger partial charge in [-0.3, -0.25) is 9.79 Å². The first-order valence-electron chi connectivity index (χ1n) is 8.75. The maximum absolute atomic E-state index is 12.6. The number of imide groups is 1. The van der Waals surface area contributed by atoms with Gasteiger partial charge in [-0.15, -0.1) is 0 Å². The second-order valence-corrected chi connectivity index (χ2v) is 7.93. The number of hydrogen-bond acceptors (Lipinski definition) is 7. The van der Waals surface area contributed by atoms with Crippen LogP contribution >= 0.6 is 0 Å². The fraction of sp³-hybridized carbons (Fsp3) is 0.500. The predicted octanol–water partition coefficient (Wildman–Crippen LogP) is 3.96. The molecule has 0 aromatic heterocycles. The third-order valence-electron chi connectivity index (χ3n) is 2.99. The molecule has 0 unspecified atom stereocenters. The average Bonchev–Trinajstić information content (AvgIpc) is 2.53. The van der Waals surface area contributed by atoms with Crippen molar-refractivity contribution in [2.75, 3.05) is 18.6 Å². The Morgan fingerprint density at radius 3 is 1.79 bits per heavy atom. The Kier molecular flexibility index (Phi) is 7.72. The van der Waals surface area contributed by atoms with E-state index in [1.54, 1.807) is 65.8 Å². The highest BCUT2D eigenvalue weighted by atomic mass is 16.6. The normalized spacial score (nSPS) is 11.8. The average molecular weight is 392 g/mol. The number of aliphatic imine (C=N–C) groups is 1. The zero-order valence-electron chi connectivity index (χ0n) is 17.4. The van der Waals surface area contributed by atoms with Crippen molar-refractivity contribution < 1.29 is 28.6 Å². The Morgan fingerprint density at radius 1 is 0.929 bits per heavy atom. The van der Waals surface area contributed by atoms with E-state index < -0.39 is 29.4 Å². The summed E-state index contributed by atoms with van der Waals surface area (Å²) in [5.74, 6) is -0.450. The number of hydrogen-bond donors (Lipinski definition) is 0. The van der Waals surface area contributed by atoms with Crippen molar-refractivity contribution in [3.63, 3.8) is 0 Å². The summed E-state index contributed by atoms with van der Waals surface area (Å²) in [6.45, 7) is 10.1. The molecule has 0 spiro atoms. The smallest absolute Gasteiger partial charge is 0.424 e. The molecule has 1 rings (SSSR count). The van der Waals surface area contributed by atoms with Gasteiger partial charge in [-0.2, -0.15) is 4.90 Å². The molecule has 0 radical (unpaired) electrons. The number of ether oxygens (including phenoxy) is 3. The molecule has 0 aliphatic heterocycles. The van der Waals surface area contributed by atoms with Crippen molar-refractivity contribution in [2.24, 2.45) is 4.99 Å². The van der Waals surface area contributed by atoms with Gasteiger partial charge in [-0.05, 0) is 59.2 Å². The molecule has 0 aliphatic carbocycles. The van der Waals surface area contributed by atoms with Gasteiger partial charge in [0.05, 0.1) is 12.8 Å². The van der Waals surface area contributed by atoms with E-state index in [0.717, 1.165) is 4.90 Å². The summed E-state index contributed by atoms with van der Waals surface area (Å²) in [4.78, 5) is 41.0. The molecular weight excluding hydrogens is 364 g/mol. The fourth-order valence-electron chi connectivity index (χ4n) is 1.90. The van der Waals surface area contributed by atoms with Crippen LogP contribution in [0.4, 0.5) is 15.3 Å². The second kappa shape index (κ2) is 9.34. The highest BCUT2D eigenvalue weighted by molar-refractivity contribution is 6.09. The van der Waals surface area contributed by atoms with Crippen molar-refractivity contribution in [3.8, 4) is 0 Å². The summed E-state index contributed by atoms with van der Waals surface area (Å²) in [6.07, 6.45) is -0.186. The third kappa shape index (κ3) is 8.20. The Balaban J connectivity index is 3.08. The number of carbonyl (C=O) groups is 3. The Hall–Kier alpha value is -2.90. The number of rotatable bonds is 4. The molecule has 0 atom stereocenters. The molecule has 2 amide bonds. The molecule has 0 bridgehead atoms. The first-order chi connectivity index (χ1) is 12.8. The van der Waals surface area contributed by atoms with Gasteiger partial charge in [0.1, 0.15) is 17.7 Å². The summed E-state index contributed by atoms with van der Waals surface area (Å²) < 4.78 is 15.2. The predicted molar refractivity (Wildman–Crippen MR) is 106 cm³/mol. The quantitative estimate of drug-likeness (QED) is 0.437. The van der Waals surface area contributed by atoms with Crippen LogP contribution < -0.4 is 4.90 Å². The Bertz CT molecular complexity index is 699. The number of benzene rings is 1. The minimum Gasteiger partial charge on any atom is -0.468 e. The summed E-state index contributed by atoms with van der Waals surface area (Å²) in [7, 11) is 1.29. The minimum atomic E-state index is -0.839. The highest BCUT2D eigenvalue weighted by Crippen LogP contribution is 2.22. The molecule has 0 fully saturated rings. The number of nitrogens with zero attached hydrogens (tertiary/aromatic N) is 2. The van der Waals surface area contributed by atoms with Crippen LogP contribution in [0.25, 0.3) is 0 Å². The summed E-state index contributed by atoms with van der Waals surface area (Å²) >= 11 is 0. The molecule has 0 saturated heterocycles. The Morgan fingerprint density at radius 2 is 1.39 bits per heavy atom. The van der Waals surface area contributed by atoms with Crippen LogP contribution in [0, 0.1) is 0 Å². The van der Waals surface area contributed by atoms with Crippen molar-refractivity contribution in [3.05, 3.63) is 29.8 Å². The minimum absolute atomic E-state index is 0.0970. The Labute approximate surface area is 165 Å². The van der Waals surface area contributed by atoms with Crippen molar-refractivity contribution in [1.82, 2.24) is 0 Å². The van der Waals surface area contributed by atoms with E-state index in [0.29, 0.717) is 5.56 Å². The molecule has 0 heterocycles. The summed E-state index contributed by atoms with van der Waals surface area (Å²) in [6, 6.07) is 6.43. The first kappa shape index (κ1) is 23.1. The van der Waals surface area contributed by atoms with Crippen molar-refractivity contribution >= 4 is 30.1 Å². The van der Waals surface area contributed by atoms with Gasteiger partial charge in [0, 0.05) is 6.21 Å². The lowest BCUT2D eigenvalue weighted by Crippen LogP contribution is -2.43. The molecule has 0 aliphatic rings. The van der Waals surface area contributed by atoms with Crippen LogP contribution in [0.2, 0.25) is 0 Å². The lowest BCUT2D eigenvalue weighted by molar-refractivity contribution is -0.138. The van der Waals surface area contributed by atoms with Gasteiger partial charge in [0.2, 0.25) is 0 Å². The molecule has 0 N–H and O–H groups in total. The fourth-order valence-corrected chi connectivity index (χ4v) is 1.90. The molecule has 1 aromatic carbocycles. The van der Waals surface area contributed by atoms with Crippen molar-refractivity contribution in [1.29, 1.82) is 0 Å². The topological polar surface area (TPSA) is 94.5 Å². The van der Waals surface area contributed by atoms with Crippen LogP contribution in [0.5, 0.6) is 0 Å². The molecule has 0 saturated carbocycles. The zero-order chi connectivity index (χ0) is 21.5. The van der Waals surface area contributed by atoms with Gasteiger partial charge >= 0.3 is 18.2 Å². The van der Waals surface area contributed by atoms with E-state index in [9.17, 15) is 14.4 Å². The van der Waals surface area contributed by atoms with E-state index in [-0.39, 0.29) is 12.2 Å². The van der Waals surface area contributed by atoms with Gasteiger partial charge in [-0.1, -0.05) is 12.1 Å². The number of anilines is 1.